The van der Waals surface area contributed by atoms with Crippen molar-refractivity contribution in [1.29, 1.82) is 0 Å². The lowest BCUT2D eigenvalue weighted by Gasteiger charge is -1.99. The molecule has 2 aromatic rings. The molecule has 0 saturated carbocycles. The fourth-order valence-electron chi connectivity index (χ4n) is 1.27. The Morgan fingerprint density at radius 1 is 1.50 bits per heavy atom. The molecule has 0 aliphatic rings. The summed E-state index contributed by atoms with van der Waals surface area (Å²) < 4.78 is 0. The second-order valence-electron chi connectivity index (χ2n) is 3.21. The highest BCUT2D eigenvalue weighted by Crippen LogP contribution is 2.08. The van der Waals surface area contributed by atoms with Crippen LogP contribution in [0.2, 0.25) is 0 Å². The fraction of sp³-hybridized carbons (Fsp3) is 0.300. The predicted molar refractivity (Wildman–Crippen MR) is 58.2 cm³/mol. The van der Waals surface area contributed by atoms with Crippen LogP contribution in [0.25, 0.3) is 0 Å². The molecule has 0 aliphatic heterocycles. The van der Waals surface area contributed by atoms with Gasteiger partial charge < -0.3 is 10.3 Å². The molecule has 0 aromatic carbocycles. The van der Waals surface area contributed by atoms with Gasteiger partial charge in [0.1, 0.15) is 5.01 Å². The second-order valence-corrected chi connectivity index (χ2v) is 4.15. The van der Waals surface area contributed by atoms with Crippen molar-refractivity contribution >= 4 is 11.3 Å². The number of aromatic nitrogens is 2. The molecule has 2 N–H and O–H groups in total. The van der Waals surface area contributed by atoms with E-state index in [4.69, 9.17) is 0 Å². The minimum Gasteiger partial charge on any atom is -0.367 e. The molecule has 3 nitrogen and oxygen atoms in total. The lowest BCUT2D eigenvalue weighted by Crippen LogP contribution is -2.11. The average Bonchev–Trinajstić information content (AvgIpc) is 2.77. The maximum Gasteiger partial charge on any atom is 0.107 e. The quantitative estimate of drug-likeness (QED) is 0.805. The fourth-order valence-corrected chi connectivity index (χ4v) is 2.01. The van der Waals surface area contributed by atoms with E-state index >= 15 is 0 Å². The Hall–Kier alpha value is -1.13. The minimum atomic E-state index is 0.851. The molecule has 2 aromatic heterocycles. The summed E-state index contributed by atoms with van der Waals surface area (Å²) >= 11 is 1.71. The zero-order valence-electron chi connectivity index (χ0n) is 8.08. The maximum absolute atomic E-state index is 4.38. The van der Waals surface area contributed by atoms with Crippen LogP contribution in [0.1, 0.15) is 16.3 Å². The monoisotopic (exact) mass is 207 g/mol. The number of hydrogen-bond donors (Lipinski definition) is 2. The zero-order chi connectivity index (χ0) is 9.80. The summed E-state index contributed by atoms with van der Waals surface area (Å²) in [5, 5.41) is 6.57. The molecule has 0 amide bonds. The van der Waals surface area contributed by atoms with Crippen molar-refractivity contribution in [2.45, 2.75) is 20.0 Å². The Morgan fingerprint density at radius 2 is 2.43 bits per heavy atom. The summed E-state index contributed by atoms with van der Waals surface area (Å²) in [6, 6.07) is 2.07. The molecular weight excluding hydrogens is 194 g/mol. The number of rotatable bonds is 4. The standard InChI is InChI=1S/C10H13N3S/c1-8-7-14-10(13-8)6-12-5-9-2-3-11-4-9/h2-4,7,11-12H,5-6H2,1H3. The van der Waals surface area contributed by atoms with Crippen LogP contribution in [-0.4, -0.2) is 9.97 Å². The van der Waals surface area contributed by atoms with E-state index in [1.54, 1.807) is 11.3 Å². The third-order valence-corrected chi connectivity index (χ3v) is 2.90. The Balaban J connectivity index is 1.78. The first-order valence-electron chi connectivity index (χ1n) is 4.58. The van der Waals surface area contributed by atoms with Gasteiger partial charge in [-0.25, -0.2) is 4.98 Å². The van der Waals surface area contributed by atoms with Gasteiger partial charge in [-0.05, 0) is 18.6 Å². The van der Waals surface area contributed by atoms with Crippen molar-refractivity contribution in [3.8, 4) is 0 Å². The Morgan fingerprint density at radius 3 is 3.07 bits per heavy atom. The Bertz CT molecular complexity index is 378. The normalized spacial score (nSPS) is 10.6. The van der Waals surface area contributed by atoms with Gasteiger partial charge in [-0.2, -0.15) is 0 Å². The molecular formula is C10H13N3S. The van der Waals surface area contributed by atoms with Crippen LogP contribution in [-0.2, 0) is 13.1 Å². The van der Waals surface area contributed by atoms with E-state index in [1.165, 1.54) is 5.56 Å². The van der Waals surface area contributed by atoms with Crippen LogP contribution in [0.5, 0.6) is 0 Å². The summed E-state index contributed by atoms with van der Waals surface area (Å²) in [6.07, 6.45) is 3.94. The van der Waals surface area contributed by atoms with Gasteiger partial charge in [0.25, 0.3) is 0 Å². The third kappa shape index (κ3) is 2.43. The van der Waals surface area contributed by atoms with Crippen molar-refractivity contribution < 1.29 is 0 Å². The molecule has 0 atom stereocenters. The topological polar surface area (TPSA) is 40.7 Å². The van der Waals surface area contributed by atoms with Gasteiger partial charge in [-0.15, -0.1) is 11.3 Å². The number of H-pyrrole nitrogens is 1. The van der Waals surface area contributed by atoms with Gasteiger partial charge in [-0.1, -0.05) is 0 Å². The summed E-state index contributed by atoms with van der Waals surface area (Å²) in [5.74, 6) is 0. The van der Waals surface area contributed by atoms with Gasteiger partial charge in [0.15, 0.2) is 0 Å². The van der Waals surface area contributed by atoms with Crippen molar-refractivity contribution in [2.24, 2.45) is 0 Å². The van der Waals surface area contributed by atoms with E-state index in [2.05, 4.69) is 26.7 Å². The lowest BCUT2D eigenvalue weighted by atomic mass is 10.3. The number of nitrogens with zero attached hydrogens (tertiary/aromatic N) is 1. The van der Waals surface area contributed by atoms with Crippen LogP contribution in [0.3, 0.4) is 0 Å². The highest BCUT2D eigenvalue weighted by atomic mass is 32.1. The van der Waals surface area contributed by atoms with E-state index < -0.39 is 0 Å². The molecule has 14 heavy (non-hydrogen) atoms. The van der Waals surface area contributed by atoms with Gasteiger partial charge in [-0.3, -0.25) is 0 Å². The number of aryl methyl sites for hydroxylation is 1. The molecule has 0 radical (unpaired) electrons. The first-order valence-corrected chi connectivity index (χ1v) is 5.46. The van der Waals surface area contributed by atoms with Gasteiger partial charge in [0, 0.05) is 36.6 Å². The van der Waals surface area contributed by atoms with E-state index in [0.717, 1.165) is 23.8 Å². The summed E-state index contributed by atoms with van der Waals surface area (Å²) in [7, 11) is 0. The molecule has 0 unspecified atom stereocenters. The summed E-state index contributed by atoms with van der Waals surface area (Å²) in [6.45, 7) is 3.76. The molecule has 2 rings (SSSR count). The summed E-state index contributed by atoms with van der Waals surface area (Å²) in [5.41, 5.74) is 2.38. The second kappa shape index (κ2) is 4.39. The van der Waals surface area contributed by atoms with Crippen molar-refractivity contribution in [3.05, 3.63) is 40.1 Å². The van der Waals surface area contributed by atoms with E-state index in [1.807, 2.05) is 19.3 Å². The maximum atomic E-state index is 4.38. The van der Waals surface area contributed by atoms with Crippen molar-refractivity contribution in [2.75, 3.05) is 0 Å². The van der Waals surface area contributed by atoms with Crippen LogP contribution in [0.4, 0.5) is 0 Å². The van der Waals surface area contributed by atoms with Crippen molar-refractivity contribution in [3.63, 3.8) is 0 Å². The SMILES string of the molecule is Cc1csc(CNCc2cc[nH]c2)n1. The minimum absolute atomic E-state index is 0.851. The molecule has 4 heteroatoms. The smallest absolute Gasteiger partial charge is 0.107 e. The first-order chi connectivity index (χ1) is 6.84. The molecule has 0 aliphatic carbocycles. The number of aromatic amines is 1. The number of nitrogens with one attached hydrogen (secondary N) is 2. The predicted octanol–water partition coefficient (Wildman–Crippen LogP) is 2.07. The Labute approximate surface area is 87.2 Å². The molecule has 0 fully saturated rings. The lowest BCUT2D eigenvalue weighted by molar-refractivity contribution is 0.689. The van der Waals surface area contributed by atoms with Gasteiger partial charge in [0.2, 0.25) is 0 Å². The molecule has 74 valence electrons. The zero-order valence-corrected chi connectivity index (χ0v) is 8.90. The highest BCUT2D eigenvalue weighted by Gasteiger charge is 1.97. The highest BCUT2D eigenvalue weighted by molar-refractivity contribution is 7.09. The van der Waals surface area contributed by atoms with Crippen LogP contribution in [0.15, 0.2) is 23.8 Å². The van der Waals surface area contributed by atoms with Crippen LogP contribution >= 0.6 is 11.3 Å². The third-order valence-electron chi connectivity index (χ3n) is 1.93. The van der Waals surface area contributed by atoms with E-state index in [-0.39, 0.29) is 0 Å². The number of thiazole rings is 1. The van der Waals surface area contributed by atoms with E-state index in [9.17, 15) is 0 Å². The molecule has 2 heterocycles. The average molecular weight is 207 g/mol. The van der Waals surface area contributed by atoms with E-state index in [0.29, 0.717) is 0 Å². The van der Waals surface area contributed by atoms with Crippen LogP contribution < -0.4 is 5.32 Å². The molecule has 0 saturated heterocycles. The molecule has 0 spiro atoms. The molecule has 0 bridgehead atoms. The van der Waals surface area contributed by atoms with Gasteiger partial charge in [0.05, 0.1) is 0 Å². The first kappa shape index (κ1) is 9.43. The number of hydrogen-bond acceptors (Lipinski definition) is 3. The Kier molecular flexibility index (Phi) is 2.96. The van der Waals surface area contributed by atoms with Crippen LogP contribution in [0, 0.1) is 6.92 Å². The van der Waals surface area contributed by atoms with Gasteiger partial charge >= 0.3 is 0 Å². The summed E-state index contributed by atoms with van der Waals surface area (Å²) in [4.78, 5) is 7.41. The largest absolute Gasteiger partial charge is 0.367 e. The van der Waals surface area contributed by atoms with Crippen molar-refractivity contribution in [1.82, 2.24) is 15.3 Å².